The van der Waals surface area contributed by atoms with Crippen LogP contribution in [0.15, 0.2) is 72.8 Å². The minimum Gasteiger partial charge on any atom is -0.426 e. The largest absolute Gasteiger partial charge is 0.426 e. The van der Waals surface area contributed by atoms with E-state index in [-0.39, 0.29) is 11.0 Å². The quantitative estimate of drug-likeness (QED) is 0.274. The number of unbranched alkanes of at least 4 members (excludes halogenated alkanes) is 3. The van der Waals surface area contributed by atoms with Crippen molar-refractivity contribution in [2.75, 3.05) is 13.7 Å². The van der Waals surface area contributed by atoms with Crippen molar-refractivity contribution in [2.45, 2.75) is 63.7 Å². The zero-order valence-electron chi connectivity index (χ0n) is 19.8. The molecule has 0 radical (unpaired) electrons. The summed E-state index contributed by atoms with van der Waals surface area (Å²) >= 11 is 0. The molecule has 1 heterocycles. The van der Waals surface area contributed by atoms with Gasteiger partial charge in [0.05, 0.1) is 0 Å². The molecule has 4 nitrogen and oxygen atoms in total. The summed E-state index contributed by atoms with van der Waals surface area (Å²) in [6.07, 6.45) is 7.89. The number of carbonyl (C=O) groups is 1. The van der Waals surface area contributed by atoms with Gasteiger partial charge in [-0.25, -0.2) is 4.79 Å². The van der Waals surface area contributed by atoms with E-state index in [9.17, 15) is 4.79 Å². The number of benzene rings is 2. The Morgan fingerprint density at radius 1 is 0.875 bits per heavy atom. The first-order valence-corrected chi connectivity index (χ1v) is 13.5. The molecule has 0 bridgehead atoms. The zero-order valence-corrected chi connectivity index (χ0v) is 20.8. The van der Waals surface area contributed by atoms with Gasteiger partial charge in [0.25, 0.3) is 8.32 Å². The molecule has 1 aliphatic rings. The van der Waals surface area contributed by atoms with Crippen LogP contribution in [0.1, 0.15) is 52.9 Å². The van der Waals surface area contributed by atoms with Gasteiger partial charge >= 0.3 is 5.97 Å². The van der Waals surface area contributed by atoms with Crippen LogP contribution in [0.25, 0.3) is 0 Å². The molecule has 0 spiro atoms. The maximum absolute atomic E-state index is 11.4. The van der Waals surface area contributed by atoms with Crippen molar-refractivity contribution >= 4 is 24.7 Å². The SMILES string of the molecule is COC1(CCCCCCO[Si](c2ccccc2)(c2ccccc2)C(C)(C)C)C=CC(=O)O1. The molecule has 32 heavy (non-hydrogen) atoms. The summed E-state index contributed by atoms with van der Waals surface area (Å²) < 4.78 is 17.7. The van der Waals surface area contributed by atoms with Gasteiger partial charge in [-0.1, -0.05) is 94.3 Å². The van der Waals surface area contributed by atoms with Crippen LogP contribution in [0, 0.1) is 0 Å². The van der Waals surface area contributed by atoms with Gasteiger partial charge in [-0.05, 0) is 34.3 Å². The van der Waals surface area contributed by atoms with Crippen LogP contribution in [0.4, 0.5) is 0 Å². The molecular weight excluding hydrogens is 416 g/mol. The first-order chi connectivity index (χ1) is 15.3. The zero-order chi connectivity index (χ0) is 23.1. The van der Waals surface area contributed by atoms with E-state index in [0.717, 1.165) is 32.3 Å². The van der Waals surface area contributed by atoms with Gasteiger partial charge < -0.3 is 13.9 Å². The molecule has 2 aromatic carbocycles. The van der Waals surface area contributed by atoms with E-state index in [2.05, 4.69) is 81.4 Å². The summed E-state index contributed by atoms with van der Waals surface area (Å²) in [6.45, 7) is 7.65. The van der Waals surface area contributed by atoms with Crippen LogP contribution in [0.2, 0.25) is 5.04 Å². The lowest BCUT2D eigenvalue weighted by molar-refractivity contribution is -0.190. The summed E-state index contributed by atoms with van der Waals surface area (Å²) in [5, 5.41) is 2.63. The van der Waals surface area contributed by atoms with Crippen molar-refractivity contribution in [1.82, 2.24) is 0 Å². The number of rotatable bonds is 11. The molecule has 1 aliphatic heterocycles. The second kappa shape index (κ2) is 10.6. The number of hydrogen-bond acceptors (Lipinski definition) is 4. The van der Waals surface area contributed by atoms with Crippen molar-refractivity contribution < 1.29 is 18.7 Å². The van der Waals surface area contributed by atoms with E-state index in [0.29, 0.717) is 6.42 Å². The van der Waals surface area contributed by atoms with Crippen molar-refractivity contribution in [1.29, 1.82) is 0 Å². The van der Waals surface area contributed by atoms with E-state index >= 15 is 0 Å². The Kier molecular flexibility index (Phi) is 8.09. The predicted octanol–water partition coefficient (Wildman–Crippen LogP) is 4.97. The van der Waals surface area contributed by atoms with Crippen LogP contribution >= 0.6 is 0 Å². The fraction of sp³-hybridized carbons (Fsp3) is 0.444. The first-order valence-electron chi connectivity index (χ1n) is 11.6. The van der Waals surface area contributed by atoms with Crippen molar-refractivity contribution in [3.8, 4) is 0 Å². The molecular formula is C27H36O4Si. The summed E-state index contributed by atoms with van der Waals surface area (Å²) in [6, 6.07) is 21.5. The Morgan fingerprint density at radius 3 is 1.91 bits per heavy atom. The maximum atomic E-state index is 11.4. The third kappa shape index (κ3) is 5.40. The van der Waals surface area contributed by atoms with Crippen molar-refractivity contribution in [3.05, 3.63) is 72.8 Å². The van der Waals surface area contributed by atoms with Gasteiger partial charge in [0.2, 0.25) is 5.79 Å². The molecule has 0 N–H and O–H groups in total. The van der Waals surface area contributed by atoms with E-state index in [1.54, 1.807) is 13.2 Å². The van der Waals surface area contributed by atoms with Crippen molar-refractivity contribution in [2.24, 2.45) is 0 Å². The van der Waals surface area contributed by atoms with Crippen LogP contribution in [-0.2, 0) is 18.7 Å². The van der Waals surface area contributed by atoms with Crippen LogP contribution in [-0.4, -0.2) is 33.8 Å². The highest BCUT2D eigenvalue weighted by Gasteiger charge is 2.49. The van der Waals surface area contributed by atoms with Gasteiger partial charge in [0.15, 0.2) is 0 Å². The molecule has 172 valence electrons. The van der Waals surface area contributed by atoms with Gasteiger partial charge in [-0.15, -0.1) is 0 Å². The van der Waals surface area contributed by atoms with Crippen LogP contribution in [0.5, 0.6) is 0 Å². The van der Waals surface area contributed by atoms with Crippen molar-refractivity contribution in [3.63, 3.8) is 0 Å². The average Bonchev–Trinajstić information content (AvgIpc) is 3.17. The summed E-state index contributed by atoms with van der Waals surface area (Å²) in [5.74, 6) is -1.20. The lowest BCUT2D eigenvalue weighted by atomic mass is 10.1. The number of esters is 1. The van der Waals surface area contributed by atoms with Gasteiger partial charge in [0.1, 0.15) is 0 Å². The maximum Gasteiger partial charge on any atom is 0.333 e. The van der Waals surface area contributed by atoms with E-state index in [1.807, 2.05) is 0 Å². The predicted molar refractivity (Wildman–Crippen MR) is 132 cm³/mol. The number of carbonyl (C=O) groups excluding carboxylic acids is 1. The second-order valence-electron chi connectivity index (χ2n) is 9.45. The monoisotopic (exact) mass is 452 g/mol. The minimum atomic E-state index is -2.45. The molecule has 1 atom stereocenters. The third-order valence-corrected chi connectivity index (χ3v) is 11.3. The van der Waals surface area contributed by atoms with Crippen LogP contribution in [0.3, 0.4) is 0 Å². The van der Waals surface area contributed by atoms with Crippen LogP contribution < -0.4 is 10.4 Å². The Labute approximate surface area is 193 Å². The normalized spacial score (nSPS) is 18.7. The lowest BCUT2D eigenvalue weighted by Gasteiger charge is -2.43. The highest BCUT2D eigenvalue weighted by molar-refractivity contribution is 6.99. The second-order valence-corrected chi connectivity index (χ2v) is 13.8. The molecule has 2 aromatic rings. The Hall–Kier alpha value is -2.21. The number of cyclic esters (lactones) is 1. The van der Waals surface area contributed by atoms with E-state index < -0.39 is 14.1 Å². The third-order valence-electron chi connectivity index (χ3n) is 6.25. The molecule has 0 saturated heterocycles. The molecule has 0 aliphatic carbocycles. The minimum absolute atomic E-state index is 0.000757. The van der Waals surface area contributed by atoms with Gasteiger partial charge in [-0.3, -0.25) is 0 Å². The van der Waals surface area contributed by atoms with Gasteiger partial charge in [0, 0.05) is 26.2 Å². The topological polar surface area (TPSA) is 44.8 Å². The molecule has 0 aromatic heterocycles. The number of ether oxygens (including phenoxy) is 2. The standard InChI is InChI=1S/C27H36O4Si/c1-26(2,3)32(23-15-9-7-10-16-23,24-17-11-8-12-18-24)30-22-14-6-5-13-20-27(29-4)21-19-25(28)31-27/h7-12,15-19,21H,5-6,13-14,20,22H2,1-4H3. The molecule has 0 amide bonds. The smallest absolute Gasteiger partial charge is 0.333 e. The fourth-order valence-electron chi connectivity index (χ4n) is 4.59. The van der Waals surface area contributed by atoms with E-state index in [1.165, 1.54) is 16.4 Å². The molecule has 3 rings (SSSR count). The molecule has 1 unspecified atom stereocenters. The Balaban J connectivity index is 1.62. The number of hydrogen-bond donors (Lipinski definition) is 0. The summed E-state index contributed by atoms with van der Waals surface area (Å²) in [5.41, 5.74) is 0. The fourth-order valence-corrected chi connectivity index (χ4v) is 9.20. The summed E-state index contributed by atoms with van der Waals surface area (Å²) in [7, 11) is -0.867. The molecule has 0 saturated carbocycles. The van der Waals surface area contributed by atoms with E-state index in [4.69, 9.17) is 13.9 Å². The molecule has 0 fully saturated rings. The Morgan fingerprint density at radius 2 is 1.44 bits per heavy atom. The highest BCUT2D eigenvalue weighted by atomic mass is 28.4. The molecule has 5 heteroatoms. The highest BCUT2D eigenvalue weighted by Crippen LogP contribution is 2.37. The lowest BCUT2D eigenvalue weighted by Crippen LogP contribution is -2.66. The average molecular weight is 453 g/mol. The first kappa shape index (κ1) is 24.4. The summed E-state index contributed by atoms with van der Waals surface area (Å²) in [4.78, 5) is 11.4. The number of methoxy groups -OCH3 is 1. The van der Waals surface area contributed by atoms with Gasteiger partial charge in [-0.2, -0.15) is 0 Å². The Bertz CT molecular complexity index is 849.